The fraction of sp³-hybridized carbons (Fsp3) is 0.929. The molecular weight excluding hydrogens is 426 g/mol. The van der Waals surface area contributed by atoms with E-state index in [0.717, 1.165) is 19.3 Å². The Morgan fingerprint density at radius 2 is 1.03 bits per heavy atom. The van der Waals surface area contributed by atoms with E-state index in [1.54, 1.807) is 0 Å². The standard InChI is InChI=1S/C10H21NO.C9H19NO.C9H17NO/c1-8-6-9(2,3)11(12)10(4,5)7-8;2*1-7-6-8(2,3)10(11)9(7,4)5/h8,12H,6-7H2,1-5H3;7,11H,6H2,1-5H3;6,11H,1-5H3. The summed E-state index contributed by atoms with van der Waals surface area (Å²) in [5.74, 6) is 1.26. The number of rotatable bonds is 0. The molecule has 3 heterocycles. The number of nitrogens with zero attached hydrogens (tertiary/aromatic N) is 3. The highest BCUT2D eigenvalue weighted by Crippen LogP contribution is 2.43. The average molecular weight is 484 g/mol. The minimum Gasteiger partial charge on any atom is -0.313 e. The molecule has 1 atom stereocenters. The van der Waals surface area contributed by atoms with E-state index in [1.165, 1.54) is 20.8 Å². The van der Waals surface area contributed by atoms with Crippen LogP contribution in [0.1, 0.15) is 123 Å². The van der Waals surface area contributed by atoms with E-state index in [0.29, 0.717) is 11.8 Å². The lowest BCUT2D eigenvalue weighted by molar-refractivity contribution is -0.249. The second-order valence-corrected chi connectivity index (χ2v) is 14.7. The SMILES string of the molecule is CC1=CC(C)(C)N(O)C1(C)C.CC1CC(C)(C)N(O)C(C)(C)C1.CC1CC(C)(C)N(O)C1(C)C. The number of hydrogen-bond donors (Lipinski definition) is 3. The first-order chi connectivity index (χ1) is 14.8. The van der Waals surface area contributed by atoms with E-state index in [1.807, 2.05) is 27.7 Å². The van der Waals surface area contributed by atoms with Crippen molar-refractivity contribution in [3.8, 4) is 0 Å². The summed E-state index contributed by atoms with van der Waals surface area (Å²) in [4.78, 5) is 0. The molecule has 2 fully saturated rings. The zero-order valence-corrected chi connectivity index (χ0v) is 25.0. The summed E-state index contributed by atoms with van der Waals surface area (Å²) in [6, 6.07) is 0. The van der Waals surface area contributed by atoms with Crippen LogP contribution in [0.3, 0.4) is 0 Å². The monoisotopic (exact) mass is 483 g/mol. The first-order valence-corrected chi connectivity index (χ1v) is 13.0. The summed E-state index contributed by atoms with van der Waals surface area (Å²) in [7, 11) is 0. The van der Waals surface area contributed by atoms with Crippen molar-refractivity contribution in [1.29, 1.82) is 0 Å². The van der Waals surface area contributed by atoms with Crippen LogP contribution in [-0.2, 0) is 0 Å². The Bertz CT molecular complexity index is 719. The zero-order chi connectivity index (χ0) is 27.3. The van der Waals surface area contributed by atoms with Gasteiger partial charge in [0.05, 0.1) is 11.1 Å². The van der Waals surface area contributed by atoms with Gasteiger partial charge in [-0.2, -0.15) is 15.2 Å². The van der Waals surface area contributed by atoms with E-state index >= 15 is 0 Å². The van der Waals surface area contributed by atoms with Gasteiger partial charge in [-0.05, 0) is 121 Å². The van der Waals surface area contributed by atoms with Gasteiger partial charge in [-0.15, -0.1) is 0 Å². The van der Waals surface area contributed by atoms with Crippen molar-refractivity contribution in [3.05, 3.63) is 11.6 Å². The average Bonchev–Trinajstić information content (AvgIpc) is 2.86. The van der Waals surface area contributed by atoms with Crippen molar-refractivity contribution >= 4 is 0 Å². The largest absolute Gasteiger partial charge is 0.313 e. The number of hydroxylamine groups is 6. The molecule has 3 aliphatic heterocycles. The molecule has 0 bridgehead atoms. The molecule has 0 aliphatic carbocycles. The predicted molar refractivity (Wildman–Crippen MR) is 141 cm³/mol. The van der Waals surface area contributed by atoms with Gasteiger partial charge in [0.25, 0.3) is 0 Å². The van der Waals surface area contributed by atoms with Crippen LogP contribution in [0.25, 0.3) is 0 Å². The quantitative estimate of drug-likeness (QED) is 0.318. The normalized spacial score (nSPS) is 31.7. The molecule has 2 saturated heterocycles. The van der Waals surface area contributed by atoms with Crippen molar-refractivity contribution in [2.24, 2.45) is 11.8 Å². The van der Waals surface area contributed by atoms with Crippen LogP contribution in [0.4, 0.5) is 0 Å². The van der Waals surface area contributed by atoms with E-state index < -0.39 is 0 Å². The van der Waals surface area contributed by atoms with Crippen molar-refractivity contribution < 1.29 is 15.6 Å². The lowest BCUT2D eigenvalue weighted by atomic mass is 9.76. The summed E-state index contributed by atoms with van der Waals surface area (Å²) in [5.41, 5.74) is 0.552. The highest BCUT2D eigenvalue weighted by atomic mass is 16.5. The molecule has 0 spiro atoms. The van der Waals surface area contributed by atoms with Crippen LogP contribution in [-0.4, -0.2) is 64.0 Å². The Kier molecular flexibility index (Phi) is 9.05. The van der Waals surface area contributed by atoms with Gasteiger partial charge >= 0.3 is 0 Å². The highest BCUT2D eigenvalue weighted by Gasteiger charge is 2.49. The summed E-state index contributed by atoms with van der Waals surface area (Å²) in [6.07, 6.45) is 5.32. The highest BCUT2D eigenvalue weighted by molar-refractivity contribution is 5.27. The minimum absolute atomic E-state index is 0.0527. The molecule has 1 unspecified atom stereocenters. The fourth-order valence-corrected chi connectivity index (χ4v) is 6.50. The van der Waals surface area contributed by atoms with Crippen molar-refractivity contribution in [3.63, 3.8) is 0 Å². The van der Waals surface area contributed by atoms with E-state index in [9.17, 15) is 15.6 Å². The molecule has 0 aromatic heterocycles. The van der Waals surface area contributed by atoms with Crippen LogP contribution >= 0.6 is 0 Å². The second kappa shape index (κ2) is 9.75. The molecular formula is C28H57N3O3. The van der Waals surface area contributed by atoms with E-state index in [4.69, 9.17) is 0 Å². The first kappa shape index (κ1) is 31.5. The van der Waals surface area contributed by atoms with Crippen LogP contribution in [0.15, 0.2) is 11.6 Å². The predicted octanol–water partition coefficient (Wildman–Crippen LogP) is 7.13. The van der Waals surface area contributed by atoms with Gasteiger partial charge in [-0.3, -0.25) is 0 Å². The third kappa shape index (κ3) is 6.43. The van der Waals surface area contributed by atoms with Gasteiger partial charge in [0, 0.05) is 22.2 Å². The minimum atomic E-state index is -0.215. The molecule has 0 amide bonds. The second-order valence-electron chi connectivity index (χ2n) is 14.7. The Morgan fingerprint density at radius 1 is 0.647 bits per heavy atom. The van der Waals surface area contributed by atoms with Gasteiger partial charge in [0.2, 0.25) is 0 Å². The lowest BCUT2D eigenvalue weighted by Crippen LogP contribution is -2.58. The van der Waals surface area contributed by atoms with Gasteiger partial charge < -0.3 is 15.6 Å². The van der Waals surface area contributed by atoms with Crippen LogP contribution in [0, 0.1) is 11.8 Å². The van der Waals surface area contributed by atoms with Crippen LogP contribution in [0.2, 0.25) is 0 Å². The van der Waals surface area contributed by atoms with Gasteiger partial charge in [-0.25, -0.2) is 0 Å². The Hall–Kier alpha value is -0.500. The van der Waals surface area contributed by atoms with Gasteiger partial charge in [0.15, 0.2) is 0 Å². The summed E-state index contributed by atoms with van der Waals surface area (Å²) in [6.45, 7) is 31.3. The van der Waals surface area contributed by atoms with Gasteiger partial charge in [-0.1, -0.05) is 25.5 Å². The molecule has 0 saturated carbocycles. The summed E-state index contributed by atoms with van der Waals surface area (Å²) < 4.78 is 0. The molecule has 0 radical (unpaired) electrons. The molecule has 34 heavy (non-hydrogen) atoms. The topological polar surface area (TPSA) is 70.4 Å². The van der Waals surface area contributed by atoms with Crippen molar-refractivity contribution in [2.45, 2.75) is 156 Å². The maximum Gasteiger partial charge on any atom is 0.0620 e. The third-order valence-electron chi connectivity index (χ3n) is 8.58. The maximum atomic E-state index is 9.92. The molecule has 0 aromatic rings. The Balaban J connectivity index is 0.000000255. The molecule has 3 rings (SSSR count). The first-order valence-electron chi connectivity index (χ1n) is 13.0. The molecule has 202 valence electrons. The summed E-state index contributed by atoms with van der Waals surface area (Å²) >= 11 is 0. The van der Waals surface area contributed by atoms with Crippen molar-refractivity contribution in [2.75, 3.05) is 0 Å². The lowest BCUT2D eigenvalue weighted by Gasteiger charge is -2.50. The Morgan fingerprint density at radius 3 is 1.21 bits per heavy atom. The zero-order valence-electron chi connectivity index (χ0n) is 25.0. The number of piperidine rings is 1. The van der Waals surface area contributed by atoms with Gasteiger partial charge in [0.1, 0.15) is 0 Å². The Labute approximate surface area is 210 Å². The fourth-order valence-electron chi connectivity index (χ4n) is 6.50. The third-order valence-corrected chi connectivity index (χ3v) is 8.58. The molecule has 3 aliphatic rings. The molecule has 6 nitrogen and oxygen atoms in total. The van der Waals surface area contributed by atoms with Crippen molar-refractivity contribution in [1.82, 2.24) is 15.2 Å². The van der Waals surface area contributed by atoms with Crippen LogP contribution < -0.4 is 0 Å². The molecule has 6 heteroatoms. The molecule has 3 N–H and O–H groups in total. The summed E-state index contributed by atoms with van der Waals surface area (Å²) in [5, 5.41) is 33.9. The van der Waals surface area contributed by atoms with E-state index in [-0.39, 0.29) is 33.2 Å². The maximum absolute atomic E-state index is 9.92. The van der Waals surface area contributed by atoms with E-state index in [2.05, 4.69) is 82.2 Å². The number of hydrogen-bond acceptors (Lipinski definition) is 6. The van der Waals surface area contributed by atoms with Crippen LogP contribution in [0.5, 0.6) is 0 Å². The smallest absolute Gasteiger partial charge is 0.0620 e. The molecule has 0 aromatic carbocycles.